The Hall–Kier alpha value is -2.89. The molecule has 0 fully saturated rings. The predicted molar refractivity (Wildman–Crippen MR) is 117 cm³/mol. The molecule has 6 heteroatoms. The summed E-state index contributed by atoms with van der Waals surface area (Å²) in [6.07, 6.45) is 0.213. The van der Waals surface area contributed by atoms with Crippen LogP contribution in [0.5, 0.6) is 5.75 Å². The lowest BCUT2D eigenvalue weighted by molar-refractivity contribution is -0.119. The van der Waals surface area contributed by atoms with Crippen LogP contribution in [0.4, 0.5) is 5.69 Å². The van der Waals surface area contributed by atoms with Gasteiger partial charge in [0, 0.05) is 5.02 Å². The second kappa shape index (κ2) is 9.88. The fraction of sp³-hybridized carbons (Fsp3) is 0.0909. The van der Waals surface area contributed by atoms with Gasteiger partial charge in [-0.2, -0.15) is 0 Å². The van der Waals surface area contributed by atoms with Crippen LogP contribution < -0.4 is 15.4 Å². The van der Waals surface area contributed by atoms with Crippen LogP contribution >= 0.6 is 23.8 Å². The summed E-state index contributed by atoms with van der Waals surface area (Å²) in [5.74, 6) is 0.447. The molecule has 3 aromatic carbocycles. The number of carbonyl (C=O) groups excluding carboxylic acids is 1. The fourth-order valence-corrected chi connectivity index (χ4v) is 2.89. The van der Waals surface area contributed by atoms with Crippen LogP contribution in [0.2, 0.25) is 5.02 Å². The Kier molecular flexibility index (Phi) is 7.00. The maximum absolute atomic E-state index is 12.2. The minimum absolute atomic E-state index is 0.206. The summed E-state index contributed by atoms with van der Waals surface area (Å²) < 4.78 is 5.89. The zero-order valence-electron chi connectivity index (χ0n) is 15.0. The largest absolute Gasteiger partial charge is 0.487 e. The lowest BCUT2D eigenvalue weighted by atomic mass is 10.1. The molecule has 0 bridgehead atoms. The molecule has 0 atom stereocenters. The number of amides is 1. The highest BCUT2D eigenvalue weighted by atomic mass is 35.5. The van der Waals surface area contributed by atoms with Gasteiger partial charge >= 0.3 is 0 Å². The zero-order chi connectivity index (χ0) is 19.8. The Morgan fingerprint density at radius 3 is 2.32 bits per heavy atom. The molecular formula is C22H19ClN2O2S. The number of hydrogen-bond acceptors (Lipinski definition) is 3. The number of benzene rings is 3. The molecule has 28 heavy (non-hydrogen) atoms. The smallest absolute Gasteiger partial charge is 0.230 e. The van der Waals surface area contributed by atoms with E-state index < -0.39 is 0 Å². The Balaban J connectivity index is 1.56. The van der Waals surface area contributed by atoms with E-state index in [9.17, 15) is 4.79 Å². The van der Waals surface area contributed by atoms with Crippen molar-refractivity contribution in [2.45, 2.75) is 13.0 Å². The van der Waals surface area contributed by atoms with Crippen molar-refractivity contribution >= 4 is 40.5 Å². The van der Waals surface area contributed by atoms with Gasteiger partial charge in [0.15, 0.2) is 5.11 Å². The summed E-state index contributed by atoms with van der Waals surface area (Å²) in [5.41, 5.74) is 2.61. The first kappa shape index (κ1) is 19.9. The van der Waals surface area contributed by atoms with Crippen LogP contribution in [-0.4, -0.2) is 11.0 Å². The number of anilines is 1. The third-order valence-electron chi connectivity index (χ3n) is 3.90. The predicted octanol–water partition coefficient (Wildman–Crippen LogP) is 4.97. The number of thiocarbonyl (C=S) groups is 1. The molecule has 0 saturated carbocycles. The molecule has 0 aliphatic carbocycles. The zero-order valence-corrected chi connectivity index (χ0v) is 16.6. The number of carbonyl (C=O) groups is 1. The van der Waals surface area contributed by atoms with Gasteiger partial charge in [-0.25, -0.2) is 0 Å². The first-order valence-corrected chi connectivity index (χ1v) is 9.50. The highest BCUT2D eigenvalue weighted by Crippen LogP contribution is 2.24. The van der Waals surface area contributed by atoms with Crippen molar-refractivity contribution in [2.24, 2.45) is 0 Å². The number of nitrogens with one attached hydrogen (secondary N) is 2. The van der Waals surface area contributed by atoms with Crippen molar-refractivity contribution in [3.63, 3.8) is 0 Å². The topological polar surface area (TPSA) is 50.4 Å². The SMILES string of the molecule is O=C(Cc1ccc(Cl)cc1)NC(=S)Nc1ccccc1OCc1ccccc1. The van der Waals surface area contributed by atoms with Gasteiger partial charge in [0.05, 0.1) is 12.1 Å². The number of rotatable bonds is 6. The van der Waals surface area contributed by atoms with E-state index in [4.69, 9.17) is 28.6 Å². The highest BCUT2D eigenvalue weighted by Gasteiger charge is 2.09. The maximum Gasteiger partial charge on any atom is 0.230 e. The van der Waals surface area contributed by atoms with E-state index in [2.05, 4.69) is 10.6 Å². The third-order valence-corrected chi connectivity index (χ3v) is 4.36. The molecule has 0 aromatic heterocycles. The molecule has 0 unspecified atom stereocenters. The van der Waals surface area contributed by atoms with Gasteiger partial charge in [-0.3, -0.25) is 4.79 Å². The summed E-state index contributed by atoms with van der Waals surface area (Å²) in [6, 6.07) is 24.5. The van der Waals surface area contributed by atoms with Gasteiger partial charge in [-0.15, -0.1) is 0 Å². The van der Waals surface area contributed by atoms with Crippen molar-refractivity contribution in [3.05, 3.63) is 95.0 Å². The van der Waals surface area contributed by atoms with Crippen molar-refractivity contribution in [1.29, 1.82) is 0 Å². The maximum atomic E-state index is 12.2. The summed E-state index contributed by atoms with van der Waals surface area (Å²) in [5, 5.41) is 6.56. The molecule has 3 aromatic rings. The van der Waals surface area contributed by atoms with Crippen LogP contribution in [0.15, 0.2) is 78.9 Å². The monoisotopic (exact) mass is 410 g/mol. The summed E-state index contributed by atoms with van der Waals surface area (Å²) in [6.45, 7) is 0.440. The molecule has 142 valence electrons. The molecule has 0 heterocycles. The number of ether oxygens (including phenoxy) is 1. The average molecular weight is 411 g/mol. The van der Waals surface area contributed by atoms with Crippen molar-refractivity contribution in [2.75, 3.05) is 5.32 Å². The highest BCUT2D eigenvalue weighted by molar-refractivity contribution is 7.80. The Labute approximate surface area is 174 Å². The number of halogens is 1. The number of para-hydroxylation sites is 2. The second-order valence-corrected chi connectivity index (χ2v) is 6.92. The minimum Gasteiger partial charge on any atom is -0.487 e. The van der Waals surface area contributed by atoms with Crippen molar-refractivity contribution < 1.29 is 9.53 Å². The third kappa shape index (κ3) is 6.08. The Bertz CT molecular complexity index is 946. The van der Waals surface area contributed by atoms with E-state index in [-0.39, 0.29) is 17.4 Å². The Morgan fingerprint density at radius 1 is 0.893 bits per heavy atom. The van der Waals surface area contributed by atoms with E-state index in [1.165, 1.54) is 0 Å². The molecule has 0 radical (unpaired) electrons. The summed E-state index contributed by atoms with van der Waals surface area (Å²) >= 11 is 11.1. The molecule has 0 aliphatic heterocycles. The molecule has 3 rings (SSSR count). The molecular weight excluding hydrogens is 392 g/mol. The first-order valence-electron chi connectivity index (χ1n) is 8.71. The fourth-order valence-electron chi connectivity index (χ4n) is 2.54. The van der Waals surface area contributed by atoms with Crippen LogP contribution in [-0.2, 0) is 17.8 Å². The lowest BCUT2D eigenvalue weighted by Gasteiger charge is -2.14. The van der Waals surface area contributed by atoms with E-state index in [0.717, 1.165) is 11.1 Å². The van der Waals surface area contributed by atoms with Gasteiger partial charge in [-0.1, -0.05) is 66.2 Å². The van der Waals surface area contributed by atoms with Gasteiger partial charge in [0.25, 0.3) is 0 Å². The van der Waals surface area contributed by atoms with Crippen molar-refractivity contribution in [1.82, 2.24) is 5.32 Å². The average Bonchev–Trinajstić information content (AvgIpc) is 2.70. The van der Waals surface area contributed by atoms with Crippen LogP contribution in [0.1, 0.15) is 11.1 Å². The molecule has 2 N–H and O–H groups in total. The normalized spacial score (nSPS) is 10.2. The van der Waals surface area contributed by atoms with Crippen LogP contribution in [0, 0.1) is 0 Å². The van der Waals surface area contributed by atoms with Gasteiger partial charge < -0.3 is 15.4 Å². The molecule has 0 spiro atoms. The second-order valence-electron chi connectivity index (χ2n) is 6.08. The molecule has 0 saturated heterocycles. The van der Waals surface area contributed by atoms with E-state index in [0.29, 0.717) is 23.1 Å². The standard InChI is InChI=1S/C22H19ClN2O2S/c23-18-12-10-16(11-13-18)14-21(26)25-22(28)24-19-8-4-5-9-20(19)27-15-17-6-2-1-3-7-17/h1-13H,14-15H2,(H2,24,25,26,28). The molecule has 1 amide bonds. The van der Waals surface area contributed by atoms with Gasteiger partial charge in [0.2, 0.25) is 5.91 Å². The van der Waals surface area contributed by atoms with Crippen LogP contribution in [0.25, 0.3) is 0 Å². The molecule has 4 nitrogen and oxygen atoms in total. The van der Waals surface area contributed by atoms with Crippen LogP contribution in [0.3, 0.4) is 0 Å². The quantitative estimate of drug-likeness (QED) is 0.563. The van der Waals surface area contributed by atoms with E-state index in [1.54, 1.807) is 12.1 Å². The lowest BCUT2D eigenvalue weighted by Crippen LogP contribution is -2.35. The first-order chi connectivity index (χ1) is 13.6. The van der Waals surface area contributed by atoms with Crippen molar-refractivity contribution in [3.8, 4) is 5.75 Å². The molecule has 0 aliphatic rings. The minimum atomic E-state index is -0.206. The Morgan fingerprint density at radius 2 is 1.57 bits per heavy atom. The van der Waals surface area contributed by atoms with Gasteiger partial charge in [0.1, 0.15) is 12.4 Å². The summed E-state index contributed by atoms with van der Waals surface area (Å²) in [7, 11) is 0. The van der Waals surface area contributed by atoms with Gasteiger partial charge in [-0.05, 0) is 47.6 Å². The summed E-state index contributed by atoms with van der Waals surface area (Å²) in [4.78, 5) is 12.2. The number of hydrogen-bond donors (Lipinski definition) is 2. The van der Waals surface area contributed by atoms with E-state index >= 15 is 0 Å². The van der Waals surface area contributed by atoms with E-state index in [1.807, 2.05) is 66.7 Å².